The summed E-state index contributed by atoms with van der Waals surface area (Å²) in [6.07, 6.45) is 4.37. The topological polar surface area (TPSA) is 29.5 Å². The third-order valence-corrected chi connectivity index (χ3v) is 3.63. The Labute approximate surface area is 87.7 Å². The summed E-state index contributed by atoms with van der Waals surface area (Å²) in [4.78, 5) is 0. The summed E-state index contributed by atoms with van der Waals surface area (Å²) in [5, 5.41) is 9.92. The van der Waals surface area contributed by atoms with Gasteiger partial charge in [0.25, 0.3) is 0 Å². The Morgan fingerprint density at radius 2 is 2.14 bits per heavy atom. The molecule has 14 heavy (non-hydrogen) atoms. The van der Waals surface area contributed by atoms with Gasteiger partial charge in [0, 0.05) is 13.7 Å². The maximum Gasteiger partial charge on any atom is 0.0571 e. The summed E-state index contributed by atoms with van der Waals surface area (Å²) >= 11 is 0. The normalized spacial score (nSPS) is 35.6. The maximum atomic E-state index is 9.92. The minimum Gasteiger partial charge on any atom is -0.393 e. The van der Waals surface area contributed by atoms with E-state index in [0.29, 0.717) is 11.8 Å². The smallest absolute Gasteiger partial charge is 0.0571 e. The molecule has 0 radical (unpaired) electrons. The predicted molar refractivity (Wildman–Crippen MR) is 58.2 cm³/mol. The highest BCUT2D eigenvalue weighted by Gasteiger charge is 2.30. The Kier molecular flexibility index (Phi) is 4.90. The molecule has 1 aliphatic carbocycles. The number of methoxy groups -OCH3 is 1. The maximum absolute atomic E-state index is 9.92. The minimum absolute atomic E-state index is 0.0712. The summed E-state index contributed by atoms with van der Waals surface area (Å²) in [6, 6.07) is 0. The average Bonchev–Trinajstić information content (AvgIpc) is 2.18. The van der Waals surface area contributed by atoms with Crippen molar-refractivity contribution in [3.63, 3.8) is 0 Å². The number of hydrogen-bond acceptors (Lipinski definition) is 2. The Morgan fingerprint density at radius 1 is 1.43 bits per heavy atom. The van der Waals surface area contributed by atoms with Crippen molar-refractivity contribution in [3.05, 3.63) is 0 Å². The van der Waals surface area contributed by atoms with Crippen LogP contribution in [0.4, 0.5) is 0 Å². The third-order valence-electron chi connectivity index (χ3n) is 3.63. The summed E-state index contributed by atoms with van der Waals surface area (Å²) in [5.74, 6) is 1.87. The molecule has 1 rings (SSSR count). The number of ether oxygens (including phenoxy) is 1. The Morgan fingerprint density at radius 3 is 2.79 bits per heavy atom. The van der Waals surface area contributed by atoms with E-state index in [2.05, 4.69) is 13.8 Å². The van der Waals surface area contributed by atoms with Crippen LogP contribution in [-0.2, 0) is 4.74 Å². The van der Waals surface area contributed by atoms with Gasteiger partial charge in [-0.15, -0.1) is 0 Å². The molecule has 0 spiro atoms. The molecule has 0 bridgehead atoms. The average molecular weight is 200 g/mol. The van der Waals surface area contributed by atoms with Gasteiger partial charge in [0.05, 0.1) is 6.10 Å². The minimum atomic E-state index is -0.0712. The highest BCUT2D eigenvalue weighted by Crippen LogP contribution is 2.34. The molecule has 0 heterocycles. The lowest BCUT2D eigenvalue weighted by Crippen LogP contribution is -2.33. The fourth-order valence-corrected chi connectivity index (χ4v) is 2.54. The summed E-state index contributed by atoms with van der Waals surface area (Å²) in [6.45, 7) is 5.35. The molecule has 2 heteroatoms. The summed E-state index contributed by atoms with van der Waals surface area (Å²) in [7, 11) is 1.74. The highest BCUT2D eigenvalue weighted by molar-refractivity contribution is 4.81. The predicted octanol–water partition coefficient (Wildman–Crippen LogP) is 2.46. The molecule has 1 fully saturated rings. The van der Waals surface area contributed by atoms with E-state index in [1.165, 1.54) is 12.8 Å². The van der Waals surface area contributed by atoms with Crippen LogP contribution >= 0.6 is 0 Å². The van der Waals surface area contributed by atoms with Crippen LogP contribution in [0.5, 0.6) is 0 Å². The first-order valence-electron chi connectivity index (χ1n) is 5.82. The second kappa shape index (κ2) is 5.72. The van der Waals surface area contributed by atoms with E-state index in [1.54, 1.807) is 7.11 Å². The van der Waals surface area contributed by atoms with Crippen molar-refractivity contribution in [2.24, 2.45) is 17.8 Å². The fraction of sp³-hybridized carbons (Fsp3) is 1.00. The van der Waals surface area contributed by atoms with Crippen molar-refractivity contribution in [1.29, 1.82) is 0 Å². The molecular weight excluding hydrogens is 176 g/mol. The number of aliphatic hydroxyl groups excluding tert-OH is 1. The van der Waals surface area contributed by atoms with Gasteiger partial charge >= 0.3 is 0 Å². The van der Waals surface area contributed by atoms with E-state index in [9.17, 15) is 5.11 Å². The van der Waals surface area contributed by atoms with Crippen molar-refractivity contribution in [2.45, 2.75) is 45.6 Å². The van der Waals surface area contributed by atoms with Gasteiger partial charge in [-0.3, -0.25) is 0 Å². The quantitative estimate of drug-likeness (QED) is 0.755. The first kappa shape index (κ1) is 12.0. The molecular formula is C12H24O2. The molecule has 0 aromatic carbocycles. The van der Waals surface area contributed by atoms with E-state index in [-0.39, 0.29) is 6.10 Å². The lowest BCUT2D eigenvalue weighted by molar-refractivity contribution is 0.0160. The van der Waals surface area contributed by atoms with E-state index in [0.717, 1.165) is 25.4 Å². The van der Waals surface area contributed by atoms with Gasteiger partial charge in [-0.25, -0.2) is 0 Å². The van der Waals surface area contributed by atoms with Crippen LogP contribution in [0.25, 0.3) is 0 Å². The summed E-state index contributed by atoms with van der Waals surface area (Å²) in [5.41, 5.74) is 0. The van der Waals surface area contributed by atoms with Crippen molar-refractivity contribution in [3.8, 4) is 0 Å². The first-order chi connectivity index (χ1) is 6.65. The molecule has 84 valence electrons. The van der Waals surface area contributed by atoms with Crippen molar-refractivity contribution in [2.75, 3.05) is 13.7 Å². The SMILES string of the molecule is COCCC(C)C1CC(C)CCC1O. The Bertz CT molecular complexity index is 158. The van der Waals surface area contributed by atoms with Crippen LogP contribution in [0.15, 0.2) is 0 Å². The van der Waals surface area contributed by atoms with Crippen LogP contribution in [0.3, 0.4) is 0 Å². The molecule has 4 atom stereocenters. The van der Waals surface area contributed by atoms with Crippen LogP contribution in [0.2, 0.25) is 0 Å². The molecule has 0 aromatic heterocycles. The zero-order valence-corrected chi connectivity index (χ0v) is 9.70. The Hall–Kier alpha value is -0.0800. The lowest BCUT2D eigenvalue weighted by Gasteiger charge is -2.35. The second-order valence-electron chi connectivity index (χ2n) is 4.91. The molecule has 0 saturated heterocycles. The molecule has 0 amide bonds. The fourth-order valence-electron chi connectivity index (χ4n) is 2.54. The zero-order valence-electron chi connectivity index (χ0n) is 9.70. The van der Waals surface area contributed by atoms with E-state index < -0.39 is 0 Å². The standard InChI is InChI=1S/C12H24O2/c1-9-4-5-12(13)11(8-9)10(2)6-7-14-3/h9-13H,4-8H2,1-3H3. The van der Waals surface area contributed by atoms with Crippen molar-refractivity contribution in [1.82, 2.24) is 0 Å². The van der Waals surface area contributed by atoms with Crippen LogP contribution in [-0.4, -0.2) is 24.9 Å². The van der Waals surface area contributed by atoms with E-state index >= 15 is 0 Å². The first-order valence-corrected chi connectivity index (χ1v) is 5.82. The van der Waals surface area contributed by atoms with Crippen LogP contribution < -0.4 is 0 Å². The molecule has 0 aliphatic heterocycles. The van der Waals surface area contributed by atoms with Gasteiger partial charge in [-0.2, -0.15) is 0 Å². The van der Waals surface area contributed by atoms with E-state index in [1.807, 2.05) is 0 Å². The largest absolute Gasteiger partial charge is 0.393 e. The molecule has 1 N–H and O–H groups in total. The van der Waals surface area contributed by atoms with Gasteiger partial charge in [0.15, 0.2) is 0 Å². The molecule has 2 nitrogen and oxygen atoms in total. The molecule has 1 saturated carbocycles. The van der Waals surface area contributed by atoms with Crippen LogP contribution in [0.1, 0.15) is 39.5 Å². The van der Waals surface area contributed by atoms with Crippen molar-refractivity contribution >= 4 is 0 Å². The highest BCUT2D eigenvalue weighted by atomic mass is 16.5. The monoisotopic (exact) mass is 200 g/mol. The van der Waals surface area contributed by atoms with Gasteiger partial charge < -0.3 is 9.84 Å². The van der Waals surface area contributed by atoms with Gasteiger partial charge in [-0.05, 0) is 43.4 Å². The lowest BCUT2D eigenvalue weighted by atomic mass is 9.73. The van der Waals surface area contributed by atoms with E-state index in [4.69, 9.17) is 4.74 Å². The number of aliphatic hydroxyl groups is 1. The zero-order chi connectivity index (χ0) is 10.6. The molecule has 1 aliphatic rings. The van der Waals surface area contributed by atoms with Gasteiger partial charge in [0.2, 0.25) is 0 Å². The number of hydrogen-bond donors (Lipinski definition) is 1. The third kappa shape index (κ3) is 3.25. The van der Waals surface area contributed by atoms with Gasteiger partial charge in [-0.1, -0.05) is 13.8 Å². The summed E-state index contributed by atoms with van der Waals surface area (Å²) < 4.78 is 5.08. The van der Waals surface area contributed by atoms with Crippen molar-refractivity contribution < 1.29 is 9.84 Å². The number of rotatable bonds is 4. The Balaban J connectivity index is 2.38. The molecule has 0 aromatic rings. The van der Waals surface area contributed by atoms with Crippen LogP contribution in [0, 0.1) is 17.8 Å². The second-order valence-corrected chi connectivity index (χ2v) is 4.91. The molecule has 4 unspecified atom stereocenters. The van der Waals surface area contributed by atoms with Gasteiger partial charge in [0.1, 0.15) is 0 Å².